The Hall–Kier alpha value is -2.68. The molecule has 1 heterocycles. The van der Waals surface area contributed by atoms with Crippen molar-refractivity contribution in [2.45, 2.75) is 6.42 Å². The number of hydrogen-bond acceptors (Lipinski definition) is 3. The molecule has 0 aliphatic rings. The maximum absolute atomic E-state index is 13.2. The van der Waals surface area contributed by atoms with Gasteiger partial charge in [-0.1, -0.05) is 0 Å². The standard InChI is InChI=1S/C12H9FN4O/c13-9-2-3-11(17-7-1-6-15-17)10(8-9)16-12(18)4-5-14/h1-3,6-8H,4H2,(H,16,18). The monoisotopic (exact) mass is 244 g/mol. The molecule has 1 N–H and O–H groups in total. The Balaban J connectivity index is 2.36. The highest BCUT2D eigenvalue weighted by Gasteiger charge is 2.09. The van der Waals surface area contributed by atoms with Gasteiger partial charge in [0.15, 0.2) is 0 Å². The third kappa shape index (κ3) is 2.52. The van der Waals surface area contributed by atoms with E-state index in [2.05, 4.69) is 10.4 Å². The molecule has 0 saturated heterocycles. The number of carbonyl (C=O) groups is 1. The van der Waals surface area contributed by atoms with E-state index in [4.69, 9.17) is 5.26 Å². The lowest BCUT2D eigenvalue weighted by Crippen LogP contribution is -2.13. The molecular formula is C12H9FN4O. The van der Waals surface area contributed by atoms with Crippen molar-refractivity contribution in [3.63, 3.8) is 0 Å². The fraction of sp³-hybridized carbons (Fsp3) is 0.0833. The highest BCUT2D eigenvalue weighted by atomic mass is 19.1. The summed E-state index contributed by atoms with van der Waals surface area (Å²) in [4.78, 5) is 11.4. The number of amides is 1. The number of carbonyl (C=O) groups excluding carboxylic acids is 1. The summed E-state index contributed by atoms with van der Waals surface area (Å²) in [6, 6.07) is 7.41. The zero-order valence-electron chi connectivity index (χ0n) is 9.30. The molecule has 2 aromatic rings. The first kappa shape index (κ1) is 11.8. The van der Waals surface area contributed by atoms with Crippen LogP contribution in [0.1, 0.15) is 6.42 Å². The molecule has 0 aliphatic heterocycles. The van der Waals surface area contributed by atoms with Crippen LogP contribution in [0.15, 0.2) is 36.7 Å². The molecule has 0 saturated carbocycles. The smallest absolute Gasteiger partial charge is 0.238 e. The van der Waals surface area contributed by atoms with Gasteiger partial charge in [0, 0.05) is 12.4 Å². The van der Waals surface area contributed by atoms with E-state index in [1.54, 1.807) is 24.5 Å². The fourth-order valence-corrected chi connectivity index (χ4v) is 1.49. The van der Waals surface area contributed by atoms with Crippen LogP contribution in [-0.2, 0) is 4.79 Å². The van der Waals surface area contributed by atoms with E-state index in [0.717, 1.165) is 0 Å². The summed E-state index contributed by atoms with van der Waals surface area (Å²) in [6.45, 7) is 0. The quantitative estimate of drug-likeness (QED) is 0.895. The molecule has 0 aliphatic carbocycles. The van der Waals surface area contributed by atoms with Gasteiger partial charge in [-0.15, -0.1) is 0 Å². The minimum atomic E-state index is -0.489. The number of anilines is 1. The largest absolute Gasteiger partial charge is 0.323 e. The number of nitriles is 1. The van der Waals surface area contributed by atoms with E-state index in [1.807, 2.05) is 0 Å². The Morgan fingerprint density at radius 1 is 1.56 bits per heavy atom. The first-order chi connectivity index (χ1) is 8.70. The summed E-state index contributed by atoms with van der Waals surface area (Å²) in [5.74, 6) is -0.963. The van der Waals surface area contributed by atoms with Crippen LogP contribution in [0.25, 0.3) is 5.69 Å². The lowest BCUT2D eigenvalue weighted by molar-refractivity contribution is -0.115. The van der Waals surface area contributed by atoms with Crippen LogP contribution in [0.4, 0.5) is 10.1 Å². The molecule has 0 unspecified atom stereocenters. The van der Waals surface area contributed by atoms with Gasteiger partial charge < -0.3 is 5.32 Å². The van der Waals surface area contributed by atoms with Gasteiger partial charge in [-0.2, -0.15) is 10.4 Å². The topological polar surface area (TPSA) is 70.7 Å². The first-order valence-electron chi connectivity index (χ1n) is 5.17. The summed E-state index contributed by atoms with van der Waals surface area (Å²) >= 11 is 0. The van der Waals surface area contributed by atoms with Crippen molar-refractivity contribution in [1.82, 2.24) is 9.78 Å². The van der Waals surface area contributed by atoms with Gasteiger partial charge in [-0.3, -0.25) is 4.79 Å². The van der Waals surface area contributed by atoms with Crippen LogP contribution in [0.5, 0.6) is 0 Å². The number of aromatic nitrogens is 2. The minimum absolute atomic E-state index is 0.277. The maximum atomic E-state index is 13.2. The summed E-state index contributed by atoms with van der Waals surface area (Å²) < 4.78 is 14.7. The van der Waals surface area contributed by atoms with Crippen LogP contribution in [0.3, 0.4) is 0 Å². The summed E-state index contributed by atoms with van der Waals surface area (Å²) in [6.07, 6.45) is 2.96. The third-order valence-corrected chi connectivity index (χ3v) is 2.22. The number of rotatable bonds is 3. The molecule has 18 heavy (non-hydrogen) atoms. The van der Waals surface area contributed by atoms with Crippen molar-refractivity contribution in [1.29, 1.82) is 5.26 Å². The summed E-state index contributed by atoms with van der Waals surface area (Å²) in [5.41, 5.74) is 0.812. The summed E-state index contributed by atoms with van der Waals surface area (Å²) in [7, 11) is 0. The Kier molecular flexibility index (Phi) is 3.34. The number of halogens is 1. The second kappa shape index (κ2) is 5.10. The van der Waals surface area contributed by atoms with Crippen molar-refractivity contribution < 1.29 is 9.18 Å². The zero-order valence-corrected chi connectivity index (χ0v) is 9.30. The highest BCUT2D eigenvalue weighted by molar-refractivity contribution is 5.93. The first-order valence-corrected chi connectivity index (χ1v) is 5.17. The van der Waals surface area contributed by atoms with E-state index < -0.39 is 11.7 Å². The van der Waals surface area contributed by atoms with Gasteiger partial charge in [0.25, 0.3) is 0 Å². The molecule has 0 atom stereocenters. The van der Waals surface area contributed by atoms with E-state index in [-0.39, 0.29) is 12.1 Å². The van der Waals surface area contributed by atoms with Gasteiger partial charge in [0.05, 0.1) is 17.4 Å². The molecule has 0 fully saturated rings. The minimum Gasteiger partial charge on any atom is -0.323 e. The highest BCUT2D eigenvalue weighted by Crippen LogP contribution is 2.21. The molecular weight excluding hydrogens is 235 g/mol. The number of benzene rings is 1. The lowest BCUT2D eigenvalue weighted by atomic mass is 10.2. The van der Waals surface area contributed by atoms with Crippen molar-refractivity contribution in [2.24, 2.45) is 0 Å². The van der Waals surface area contributed by atoms with E-state index >= 15 is 0 Å². The zero-order chi connectivity index (χ0) is 13.0. The van der Waals surface area contributed by atoms with Gasteiger partial charge in [0.2, 0.25) is 5.91 Å². The Morgan fingerprint density at radius 3 is 3.06 bits per heavy atom. The Labute approximate surface area is 102 Å². The predicted octanol–water partition coefficient (Wildman–Crippen LogP) is 1.86. The maximum Gasteiger partial charge on any atom is 0.238 e. The molecule has 5 nitrogen and oxygen atoms in total. The molecule has 2 rings (SSSR count). The third-order valence-electron chi connectivity index (χ3n) is 2.22. The average molecular weight is 244 g/mol. The van der Waals surface area contributed by atoms with Crippen LogP contribution >= 0.6 is 0 Å². The normalized spacial score (nSPS) is 9.78. The molecule has 90 valence electrons. The molecule has 1 aromatic heterocycles. The fourth-order valence-electron chi connectivity index (χ4n) is 1.49. The summed E-state index contributed by atoms with van der Waals surface area (Å²) in [5, 5.41) is 14.9. The Morgan fingerprint density at radius 2 is 2.39 bits per heavy atom. The van der Waals surface area contributed by atoms with Crippen LogP contribution in [0, 0.1) is 17.1 Å². The number of nitrogens with zero attached hydrogens (tertiary/aromatic N) is 3. The average Bonchev–Trinajstić information content (AvgIpc) is 2.83. The van der Waals surface area contributed by atoms with Gasteiger partial charge in [-0.25, -0.2) is 9.07 Å². The molecule has 0 bridgehead atoms. The van der Waals surface area contributed by atoms with E-state index in [0.29, 0.717) is 5.69 Å². The Bertz CT molecular complexity index is 601. The second-order valence-corrected chi connectivity index (χ2v) is 3.50. The van der Waals surface area contributed by atoms with Gasteiger partial charge in [-0.05, 0) is 24.3 Å². The lowest BCUT2D eigenvalue weighted by Gasteiger charge is -2.10. The van der Waals surface area contributed by atoms with Crippen molar-refractivity contribution >= 4 is 11.6 Å². The second-order valence-electron chi connectivity index (χ2n) is 3.50. The molecule has 1 amide bonds. The van der Waals surface area contributed by atoms with E-state index in [9.17, 15) is 9.18 Å². The SMILES string of the molecule is N#CCC(=O)Nc1cc(F)ccc1-n1cccn1. The molecule has 6 heteroatoms. The predicted molar refractivity (Wildman–Crippen MR) is 62.4 cm³/mol. The number of hydrogen-bond donors (Lipinski definition) is 1. The van der Waals surface area contributed by atoms with Crippen molar-refractivity contribution in [3.8, 4) is 11.8 Å². The van der Waals surface area contributed by atoms with Gasteiger partial charge >= 0.3 is 0 Å². The molecule has 0 spiro atoms. The van der Waals surface area contributed by atoms with Crippen LogP contribution in [-0.4, -0.2) is 15.7 Å². The van der Waals surface area contributed by atoms with Crippen molar-refractivity contribution in [2.75, 3.05) is 5.32 Å². The molecule has 0 radical (unpaired) electrons. The van der Waals surface area contributed by atoms with Crippen molar-refractivity contribution in [3.05, 3.63) is 42.5 Å². The van der Waals surface area contributed by atoms with Gasteiger partial charge in [0.1, 0.15) is 12.2 Å². The van der Waals surface area contributed by atoms with E-state index in [1.165, 1.54) is 22.9 Å². The van der Waals surface area contributed by atoms with Crippen LogP contribution < -0.4 is 5.32 Å². The van der Waals surface area contributed by atoms with Crippen LogP contribution in [0.2, 0.25) is 0 Å². The number of nitrogens with one attached hydrogen (secondary N) is 1. The molecule has 1 aromatic carbocycles.